The molecule has 0 unspecified atom stereocenters. The molecule has 4 bridgehead atoms. The number of ether oxygens (including phenoxy) is 4. The van der Waals surface area contributed by atoms with E-state index in [1.165, 1.54) is 7.11 Å². The van der Waals surface area contributed by atoms with Gasteiger partial charge in [-0.25, -0.2) is 0 Å². The maximum absolute atomic E-state index is 14.7. The Balaban J connectivity index is 1.70. The molecule has 1 aromatic carbocycles. The summed E-state index contributed by atoms with van der Waals surface area (Å²) in [4.78, 5) is 29.3. The number of carbonyl (C=O) groups is 2. The molecule has 42 heavy (non-hydrogen) atoms. The summed E-state index contributed by atoms with van der Waals surface area (Å²) in [5, 5.41) is 21.4. The summed E-state index contributed by atoms with van der Waals surface area (Å²) in [5.74, 6) is -0.709. The molecule has 8 heteroatoms. The van der Waals surface area contributed by atoms with Crippen molar-refractivity contribution in [2.75, 3.05) is 13.7 Å². The molecule has 3 aliphatic carbocycles. The summed E-state index contributed by atoms with van der Waals surface area (Å²) < 4.78 is 26.3. The van der Waals surface area contributed by atoms with Crippen LogP contribution in [0.2, 0.25) is 0 Å². The molecule has 224 valence electrons. The first-order valence-corrected chi connectivity index (χ1v) is 14.6. The highest BCUT2D eigenvalue weighted by atomic mass is 16.6. The number of Topliss-reactive ketones (excluding diaryl/α,β-unsaturated/α-hetero) is 2. The van der Waals surface area contributed by atoms with Crippen LogP contribution in [0.3, 0.4) is 0 Å². The van der Waals surface area contributed by atoms with Crippen molar-refractivity contribution in [2.24, 2.45) is 5.92 Å². The van der Waals surface area contributed by atoms with Gasteiger partial charge in [0, 0.05) is 30.6 Å². The predicted molar refractivity (Wildman–Crippen MR) is 157 cm³/mol. The van der Waals surface area contributed by atoms with Crippen molar-refractivity contribution in [1.29, 1.82) is 0 Å². The van der Waals surface area contributed by atoms with Crippen molar-refractivity contribution < 1.29 is 38.7 Å². The second kappa shape index (κ2) is 8.91. The first-order chi connectivity index (χ1) is 19.6. The molecular formula is C34H40O8. The molecule has 1 saturated carbocycles. The first kappa shape index (κ1) is 28.9. The smallest absolute Gasteiger partial charge is 0.205 e. The van der Waals surface area contributed by atoms with Gasteiger partial charge in [0.25, 0.3) is 0 Å². The standard InChI is InChI=1S/C34H40O8/c1-18(2)9-10-21-27-20(12-13-30(4,5)40-27)25(36)24-26(37)22-15-32(39-8)16-23-31(6,7)42-33(29(32)38,14-11-19(3)17-35)34(22,23)41-28(21)24/h9,11-13,15,23,35-36H,10,14,16-17H2,1-8H3/t23-,32-,33-,34+/m0/s1. The van der Waals surface area contributed by atoms with E-state index in [0.717, 1.165) is 5.57 Å². The van der Waals surface area contributed by atoms with Gasteiger partial charge in [-0.2, -0.15) is 0 Å². The number of carbonyl (C=O) groups excluding carboxylic acids is 2. The number of phenols is 1. The van der Waals surface area contributed by atoms with Gasteiger partial charge in [-0.3, -0.25) is 9.59 Å². The Morgan fingerprint density at radius 3 is 2.45 bits per heavy atom. The Morgan fingerprint density at radius 2 is 1.81 bits per heavy atom. The third-order valence-electron chi connectivity index (χ3n) is 9.73. The Bertz CT molecular complexity index is 1550. The Hall–Kier alpha value is -3.20. The van der Waals surface area contributed by atoms with Crippen LogP contribution in [-0.2, 0) is 20.7 Å². The van der Waals surface area contributed by atoms with E-state index in [2.05, 4.69) is 0 Å². The van der Waals surface area contributed by atoms with Crippen LogP contribution in [0.5, 0.6) is 17.2 Å². The first-order valence-electron chi connectivity index (χ1n) is 14.6. The maximum atomic E-state index is 14.7. The van der Waals surface area contributed by atoms with E-state index >= 15 is 0 Å². The molecule has 8 nitrogen and oxygen atoms in total. The molecule has 1 aromatic rings. The molecule has 2 N–H and O–H groups in total. The van der Waals surface area contributed by atoms with Gasteiger partial charge >= 0.3 is 0 Å². The van der Waals surface area contributed by atoms with E-state index in [9.17, 15) is 19.8 Å². The van der Waals surface area contributed by atoms with Crippen LogP contribution < -0.4 is 9.47 Å². The van der Waals surface area contributed by atoms with Crippen molar-refractivity contribution in [3.8, 4) is 17.2 Å². The van der Waals surface area contributed by atoms with Crippen LogP contribution in [0.1, 0.15) is 82.8 Å². The molecule has 4 atom stereocenters. The van der Waals surface area contributed by atoms with Gasteiger partial charge in [0.2, 0.25) is 5.78 Å². The zero-order chi connectivity index (χ0) is 30.6. The number of aliphatic hydroxyl groups is 1. The number of hydrogen-bond acceptors (Lipinski definition) is 8. The lowest BCUT2D eigenvalue weighted by molar-refractivity contribution is -0.190. The predicted octanol–water partition coefficient (Wildman–Crippen LogP) is 5.19. The topological polar surface area (TPSA) is 112 Å². The molecule has 2 fully saturated rings. The lowest BCUT2D eigenvalue weighted by Gasteiger charge is -2.59. The summed E-state index contributed by atoms with van der Waals surface area (Å²) in [7, 11) is 1.47. The minimum atomic E-state index is -1.61. The zero-order valence-electron chi connectivity index (χ0n) is 25.6. The lowest BCUT2D eigenvalue weighted by Crippen LogP contribution is -2.77. The van der Waals surface area contributed by atoms with E-state index in [0.29, 0.717) is 28.9 Å². The van der Waals surface area contributed by atoms with Crippen LogP contribution in [0.4, 0.5) is 0 Å². The Kier molecular flexibility index (Phi) is 6.13. The van der Waals surface area contributed by atoms with Gasteiger partial charge < -0.3 is 29.2 Å². The Labute approximate surface area is 246 Å². The minimum absolute atomic E-state index is 0.0522. The van der Waals surface area contributed by atoms with Gasteiger partial charge in [-0.05, 0) is 79.5 Å². The number of hydrogen-bond donors (Lipinski definition) is 2. The largest absolute Gasteiger partial charge is 0.506 e. The highest BCUT2D eigenvalue weighted by molar-refractivity contribution is 6.20. The fourth-order valence-corrected chi connectivity index (χ4v) is 7.65. The fourth-order valence-electron chi connectivity index (χ4n) is 7.65. The third-order valence-corrected chi connectivity index (χ3v) is 9.73. The van der Waals surface area contributed by atoms with Crippen LogP contribution >= 0.6 is 0 Å². The van der Waals surface area contributed by atoms with Crippen molar-refractivity contribution in [3.05, 3.63) is 57.7 Å². The molecule has 1 spiro atoms. The monoisotopic (exact) mass is 576 g/mol. The van der Waals surface area contributed by atoms with Crippen molar-refractivity contribution in [1.82, 2.24) is 0 Å². The fraction of sp³-hybridized carbons (Fsp3) is 0.529. The molecule has 0 aromatic heterocycles. The second-order valence-electron chi connectivity index (χ2n) is 13.6. The molecular weight excluding hydrogens is 536 g/mol. The molecule has 1 saturated heterocycles. The van der Waals surface area contributed by atoms with Gasteiger partial charge in [0.05, 0.1) is 17.8 Å². The molecule has 3 heterocycles. The molecule has 6 aliphatic rings. The van der Waals surface area contributed by atoms with Gasteiger partial charge in [0.1, 0.15) is 34.0 Å². The summed E-state index contributed by atoms with van der Waals surface area (Å²) in [5.41, 5.74) is -2.91. The van der Waals surface area contributed by atoms with Gasteiger partial charge in [0.15, 0.2) is 17.0 Å². The quantitative estimate of drug-likeness (QED) is 0.445. The number of phenolic OH excluding ortho intramolecular Hbond substituents is 1. The van der Waals surface area contributed by atoms with E-state index in [-0.39, 0.29) is 47.9 Å². The molecule has 0 amide bonds. The highest BCUT2D eigenvalue weighted by Gasteiger charge is 2.84. The van der Waals surface area contributed by atoms with Gasteiger partial charge in [-0.1, -0.05) is 23.3 Å². The highest BCUT2D eigenvalue weighted by Crippen LogP contribution is 2.70. The number of ketones is 2. The second-order valence-corrected chi connectivity index (χ2v) is 13.6. The number of aromatic hydroxyl groups is 1. The molecule has 3 aliphatic heterocycles. The normalized spacial score (nSPS) is 32.8. The summed E-state index contributed by atoms with van der Waals surface area (Å²) in [6.45, 7) is 13.2. The van der Waals surface area contributed by atoms with Crippen molar-refractivity contribution >= 4 is 17.6 Å². The zero-order valence-corrected chi connectivity index (χ0v) is 25.6. The van der Waals surface area contributed by atoms with E-state index in [4.69, 9.17) is 18.9 Å². The number of allylic oxidation sites excluding steroid dienone is 2. The average molecular weight is 577 g/mol. The Morgan fingerprint density at radius 1 is 1.10 bits per heavy atom. The van der Waals surface area contributed by atoms with Crippen LogP contribution in [0.25, 0.3) is 6.08 Å². The minimum Gasteiger partial charge on any atom is -0.506 e. The average Bonchev–Trinajstić information content (AvgIpc) is 3.08. The van der Waals surface area contributed by atoms with Crippen LogP contribution in [-0.4, -0.2) is 63.5 Å². The summed E-state index contributed by atoms with van der Waals surface area (Å²) in [6, 6.07) is 0. The SMILES string of the molecule is CO[C@@]12C=C3C(=O)c4c(O)c5c(c(CC=C(C)C)c4O[C@@]34[C@@H](C1)C(C)(C)O[C@@]4(CC=C(C)CO)C2=O)OC(C)(C)C=C5. The number of rotatable bonds is 6. The molecule has 0 radical (unpaired) electrons. The van der Waals surface area contributed by atoms with Crippen LogP contribution in [0.15, 0.2) is 41.0 Å². The summed E-state index contributed by atoms with van der Waals surface area (Å²) >= 11 is 0. The third kappa shape index (κ3) is 3.52. The van der Waals surface area contributed by atoms with E-state index < -0.39 is 39.7 Å². The van der Waals surface area contributed by atoms with Gasteiger partial charge in [-0.15, -0.1) is 0 Å². The summed E-state index contributed by atoms with van der Waals surface area (Å²) in [6.07, 6.45) is 9.80. The van der Waals surface area contributed by atoms with E-state index in [1.54, 1.807) is 25.2 Å². The number of aliphatic hydroxyl groups excluding tert-OH is 1. The van der Waals surface area contributed by atoms with Crippen molar-refractivity contribution in [3.63, 3.8) is 0 Å². The number of fused-ring (bicyclic) bond motifs is 2. The number of methoxy groups -OCH3 is 1. The number of benzene rings is 1. The molecule has 7 rings (SSSR count). The maximum Gasteiger partial charge on any atom is 0.205 e. The van der Waals surface area contributed by atoms with E-state index in [1.807, 2.05) is 53.7 Å². The van der Waals surface area contributed by atoms with Crippen molar-refractivity contribution in [2.45, 2.75) is 95.7 Å². The lowest BCUT2D eigenvalue weighted by atomic mass is 9.49. The van der Waals surface area contributed by atoms with Crippen LogP contribution in [0, 0.1) is 5.92 Å².